The number of aromatic nitrogens is 1. The number of benzene rings is 1. The minimum absolute atomic E-state index is 0.297. The van der Waals surface area contributed by atoms with Gasteiger partial charge in [-0.25, -0.2) is 9.78 Å². The van der Waals surface area contributed by atoms with E-state index in [1.165, 1.54) is 13.3 Å². The molecule has 1 heterocycles. The number of carbonyl (C=O) groups is 1. The first-order valence-corrected chi connectivity index (χ1v) is 6.68. The molecule has 21 heavy (non-hydrogen) atoms. The minimum Gasteiger partial charge on any atom is -0.465 e. The molecule has 2 N–H and O–H groups in total. The molecule has 0 aliphatic carbocycles. The first kappa shape index (κ1) is 15.1. The predicted molar refractivity (Wildman–Crippen MR) is 83.5 cm³/mol. The maximum Gasteiger partial charge on any atom is 0.340 e. The standard InChI is InChI=1S/C15H16ClN3O2/c1-19(9-10-3-5-11(16)6-4-10)14-7-12(15(20)21-2)13(17)8-18-14/h3-8H,9,17H2,1-2H3. The molecule has 110 valence electrons. The Morgan fingerprint density at radius 3 is 2.67 bits per heavy atom. The van der Waals surface area contributed by atoms with Gasteiger partial charge in [-0.15, -0.1) is 0 Å². The van der Waals surface area contributed by atoms with Crippen molar-refractivity contribution in [3.8, 4) is 0 Å². The summed E-state index contributed by atoms with van der Waals surface area (Å²) in [4.78, 5) is 17.8. The lowest BCUT2D eigenvalue weighted by atomic mass is 10.2. The van der Waals surface area contributed by atoms with Gasteiger partial charge in [-0.3, -0.25) is 0 Å². The summed E-state index contributed by atoms with van der Waals surface area (Å²) >= 11 is 5.86. The van der Waals surface area contributed by atoms with Crippen LogP contribution in [0.25, 0.3) is 0 Å². The van der Waals surface area contributed by atoms with Crippen LogP contribution in [0.4, 0.5) is 11.5 Å². The van der Waals surface area contributed by atoms with Crippen LogP contribution in [0.5, 0.6) is 0 Å². The van der Waals surface area contributed by atoms with E-state index in [2.05, 4.69) is 4.98 Å². The van der Waals surface area contributed by atoms with Gasteiger partial charge in [0.25, 0.3) is 0 Å². The average molecular weight is 306 g/mol. The molecule has 1 aromatic heterocycles. The summed E-state index contributed by atoms with van der Waals surface area (Å²) in [6.07, 6.45) is 1.46. The average Bonchev–Trinajstić information content (AvgIpc) is 2.49. The fraction of sp³-hybridized carbons (Fsp3) is 0.200. The van der Waals surface area contributed by atoms with Crippen molar-refractivity contribution in [2.75, 3.05) is 24.8 Å². The van der Waals surface area contributed by atoms with E-state index in [0.29, 0.717) is 28.6 Å². The summed E-state index contributed by atoms with van der Waals surface area (Å²) in [5, 5.41) is 0.694. The van der Waals surface area contributed by atoms with Crippen molar-refractivity contribution >= 4 is 29.1 Å². The van der Waals surface area contributed by atoms with Gasteiger partial charge in [-0.05, 0) is 23.8 Å². The van der Waals surface area contributed by atoms with Crippen molar-refractivity contribution in [1.82, 2.24) is 4.98 Å². The first-order chi connectivity index (χ1) is 10.0. The Morgan fingerprint density at radius 1 is 1.38 bits per heavy atom. The molecule has 0 aliphatic heterocycles. The number of nitrogen functional groups attached to an aromatic ring is 1. The number of pyridine rings is 1. The van der Waals surface area contributed by atoms with Crippen LogP contribution in [0.1, 0.15) is 15.9 Å². The molecule has 5 nitrogen and oxygen atoms in total. The van der Waals surface area contributed by atoms with Gasteiger partial charge >= 0.3 is 5.97 Å². The molecule has 1 aromatic carbocycles. The highest BCUT2D eigenvalue weighted by Gasteiger charge is 2.13. The molecular formula is C15H16ClN3O2. The monoisotopic (exact) mass is 305 g/mol. The molecule has 0 spiro atoms. The molecule has 0 unspecified atom stereocenters. The Bertz CT molecular complexity index is 644. The van der Waals surface area contributed by atoms with Crippen molar-refractivity contribution in [2.24, 2.45) is 0 Å². The van der Waals surface area contributed by atoms with E-state index in [1.54, 1.807) is 6.07 Å². The largest absolute Gasteiger partial charge is 0.465 e. The summed E-state index contributed by atoms with van der Waals surface area (Å²) in [6.45, 7) is 0.634. The molecule has 0 aliphatic rings. The van der Waals surface area contributed by atoms with Gasteiger partial charge in [0.1, 0.15) is 5.82 Å². The van der Waals surface area contributed by atoms with E-state index in [9.17, 15) is 4.79 Å². The summed E-state index contributed by atoms with van der Waals surface area (Å²) in [7, 11) is 3.20. The molecule has 0 saturated carbocycles. The van der Waals surface area contributed by atoms with E-state index >= 15 is 0 Å². The highest BCUT2D eigenvalue weighted by Crippen LogP contribution is 2.20. The molecular weight excluding hydrogens is 290 g/mol. The van der Waals surface area contributed by atoms with Crippen LogP contribution in [0.15, 0.2) is 36.5 Å². The van der Waals surface area contributed by atoms with E-state index in [1.807, 2.05) is 36.2 Å². The number of esters is 1. The number of ether oxygens (including phenoxy) is 1. The topological polar surface area (TPSA) is 68.5 Å². The Morgan fingerprint density at radius 2 is 2.05 bits per heavy atom. The van der Waals surface area contributed by atoms with Crippen LogP contribution >= 0.6 is 11.6 Å². The van der Waals surface area contributed by atoms with Crippen LogP contribution in [-0.4, -0.2) is 25.1 Å². The zero-order valence-corrected chi connectivity index (χ0v) is 12.6. The highest BCUT2D eigenvalue weighted by atomic mass is 35.5. The zero-order chi connectivity index (χ0) is 15.4. The minimum atomic E-state index is -0.476. The summed E-state index contributed by atoms with van der Waals surface area (Å²) in [5.74, 6) is 0.163. The fourth-order valence-electron chi connectivity index (χ4n) is 1.90. The Labute approximate surface area is 128 Å². The van der Waals surface area contributed by atoms with E-state index in [0.717, 1.165) is 5.56 Å². The van der Waals surface area contributed by atoms with Crippen molar-refractivity contribution in [3.05, 3.63) is 52.7 Å². The first-order valence-electron chi connectivity index (χ1n) is 6.30. The predicted octanol–water partition coefficient (Wildman–Crippen LogP) is 2.74. The maximum atomic E-state index is 11.6. The van der Waals surface area contributed by atoms with Crippen LogP contribution < -0.4 is 10.6 Å². The third kappa shape index (κ3) is 3.64. The third-order valence-electron chi connectivity index (χ3n) is 3.05. The van der Waals surface area contributed by atoms with E-state index in [-0.39, 0.29) is 0 Å². The van der Waals surface area contributed by atoms with E-state index < -0.39 is 5.97 Å². The molecule has 0 bridgehead atoms. The zero-order valence-electron chi connectivity index (χ0n) is 11.8. The smallest absolute Gasteiger partial charge is 0.340 e. The lowest BCUT2D eigenvalue weighted by Gasteiger charge is -2.19. The number of nitrogens with zero attached hydrogens (tertiary/aromatic N) is 2. The lowest BCUT2D eigenvalue weighted by Crippen LogP contribution is -2.19. The van der Waals surface area contributed by atoms with E-state index in [4.69, 9.17) is 22.1 Å². The number of hydrogen-bond donors (Lipinski definition) is 1. The lowest BCUT2D eigenvalue weighted by molar-refractivity contribution is 0.0602. The maximum absolute atomic E-state index is 11.6. The normalized spacial score (nSPS) is 10.2. The van der Waals surface area contributed by atoms with Crippen LogP contribution in [-0.2, 0) is 11.3 Å². The SMILES string of the molecule is COC(=O)c1cc(N(C)Cc2ccc(Cl)cc2)ncc1N. The second kappa shape index (κ2) is 6.45. The Balaban J connectivity index is 2.21. The molecule has 0 atom stereocenters. The highest BCUT2D eigenvalue weighted by molar-refractivity contribution is 6.30. The second-order valence-electron chi connectivity index (χ2n) is 4.60. The van der Waals surface area contributed by atoms with Gasteiger partial charge in [-0.1, -0.05) is 23.7 Å². The van der Waals surface area contributed by atoms with Crippen molar-refractivity contribution < 1.29 is 9.53 Å². The molecule has 0 radical (unpaired) electrons. The van der Waals surface area contributed by atoms with Crippen molar-refractivity contribution in [2.45, 2.75) is 6.54 Å². The van der Waals surface area contributed by atoms with Crippen LogP contribution in [0, 0.1) is 0 Å². The number of methoxy groups -OCH3 is 1. The molecule has 0 fully saturated rings. The molecule has 0 saturated heterocycles. The quantitative estimate of drug-likeness (QED) is 0.880. The number of rotatable bonds is 4. The van der Waals surface area contributed by atoms with Crippen LogP contribution in [0.3, 0.4) is 0 Å². The van der Waals surface area contributed by atoms with Crippen molar-refractivity contribution in [3.63, 3.8) is 0 Å². The Kier molecular flexibility index (Phi) is 4.65. The number of anilines is 2. The fourth-order valence-corrected chi connectivity index (χ4v) is 2.02. The van der Waals surface area contributed by atoms with Crippen LogP contribution in [0.2, 0.25) is 5.02 Å². The van der Waals surface area contributed by atoms with Gasteiger partial charge in [0.2, 0.25) is 0 Å². The van der Waals surface area contributed by atoms with Gasteiger partial charge < -0.3 is 15.4 Å². The number of carbonyl (C=O) groups excluding carboxylic acids is 1. The second-order valence-corrected chi connectivity index (χ2v) is 5.04. The third-order valence-corrected chi connectivity index (χ3v) is 3.30. The number of nitrogens with two attached hydrogens (primary N) is 1. The van der Waals surface area contributed by atoms with Gasteiger partial charge in [-0.2, -0.15) is 0 Å². The summed E-state index contributed by atoms with van der Waals surface area (Å²) in [6, 6.07) is 9.17. The molecule has 2 rings (SSSR count). The van der Waals surface area contributed by atoms with Gasteiger partial charge in [0.05, 0.1) is 24.6 Å². The molecule has 0 amide bonds. The van der Waals surface area contributed by atoms with Gasteiger partial charge in [0.15, 0.2) is 0 Å². The van der Waals surface area contributed by atoms with Crippen molar-refractivity contribution in [1.29, 1.82) is 0 Å². The Hall–Kier alpha value is -2.27. The summed E-state index contributed by atoms with van der Waals surface area (Å²) in [5.41, 5.74) is 7.43. The molecule has 2 aromatic rings. The summed E-state index contributed by atoms with van der Waals surface area (Å²) < 4.78 is 4.70. The number of hydrogen-bond acceptors (Lipinski definition) is 5. The molecule has 6 heteroatoms. The number of halogens is 1. The van der Waals surface area contributed by atoms with Gasteiger partial charge in [0, 0.05) is 18.6 Å².